The average molecular weight is 358 g/mol. The zero-order valence-corrected chi connectivity index (χ0v) is 14.3. The smallest absolute Gasteiger partial charge is 0.251 e. The highest BCUT2D eigenvalue weighted by molar-refractivity contribution is 9.10. The minimum absolute atomic E-state index is 0.140. The van der Waals surface area contributed by atoms with E-state index in [0.717, 1.165) is 12.8 Å². The predicted molar refractivity (Wildman–Crippen MR) is 89.0 cm³/mol. The Kier molecular flexibility index (Phi) is 9.31. The summed E-state index contributed by atoms with van der Waals surface area (Å²) >= 11 is 3.09. The number of amides is 1. The minimum atomic E-state index is -0.352. The summed E-state index contributed by atoms with van der Waals surface area (Å²) in [5.74, 6) is -0.492. The summed E-state index contributed by atoms with van der Waals surface area (Å²) in [5.41, 5.74) is 0.489. The maximum Gasteiger partial charge on any atom is 0.251 e. The first-order valence-corrected chi connectivity index (χ1v) is 8.67. The van der Waals surface area contributed by atoms with Crippen LogP contribution in [0.2, 0.25) is 0 Å². The Morgan fingerprint density at radius 2 is 1.71 bits per heavy atom. The van der Waals surface area contributed by atoms with Gasteiger partial charge in [0.15, 0.2) is 0 Å². The van der Waals surface area contributed by atoms with E-state index in [2.05, 4.69) is 28.2 Å². The molecule has 118 valence electrons. The first kappa shape index (κ1) is 18.1. The molecule has 0 spiro atoms. The van der Waals surface area contributed by atoms with E-state index in [1.807, 2.05) is 0 Å². The largest absolute Gasteiger partial charge is 0.352 e. The molecule has 1 aromatic rings. The SMILES string of the molecule is CCCCCCCCCCNC(=O)c1ccc(F)c(Br)c1. The van der Waals surface area contributed by atoms with Crippen molar-refractivity contribution < 1.29 is 9.18 Å². The molecule has 0 bridgehead atoms. The number of hydrogen-bond donors (Lipinski definition) is 1. The Hall–Kier alpha value is -0.900. The molecule has 0 radical (unpaired) electrons. The zero-order valence-electron chi connectivity index (χ0n) is 12.8. The van der Waals surface area contributed by atoms with Gasteiger partial charge in [0.2, 0.25) is 0 Å². The van der Waals surface area contributed by atoms with Gasteiger partial charge < -0.3 is 5.32 Å². The molecule has 1 amide bonds. The second-order valence-corrected chi connectivity index (χ2v) is 6.21. The molecule has 0 aliphatic rings. The molecular weight excluding hydrogens is 333 g/mol. The molecule has 0 saturated heterocycles. The molecule has 0 fully saturated rings. The quantitative estimate of drug-likeness (QED) is 0.553. The maximum absolute atomic E-state index is 13.1. The van der Waals surface area contributed by atoms with Crippen LogP contribution in [0.1, 0.15) is 68.6 Å². The van der Waals surface area contributed by atoms with Gasteiger partial charge in [0.1, 0.15) is 5.82 Å². The van der Waals surface area contributed by atoms with Crippen molar-refractivity contribution in [2.75, 3.05) is 6.54 Å². The predicted octanol–water partition coefficient (Wildman–Crippen LogP) is 5.46. The number of hydrogen-bond acceptors (Lipinski definition) is 1. The van der Waals surface area contributed by atoms with Crippen molar-refractivity contribution >= 4 is 21.8 Å². The Balaban J connectivity index is 2.09. The lowest BCUT2D eigenvalue weighted by Gasteiger charge is -2.06. The fourth-order valence-corrected chi connectivity index (χ4v) is 2.58. The first-order chi connectivity index (χ1) is 10.1. The van der Waals surface area contributed by atoms with Crippen LogP contribution in [0.4, 0.5) is 4.39 Å². The summed E-state index contributed by atoms with van der Waals surface area (Å²) in [6.07, 6.45) is 9.97. The number of unbranched alkanes of at least 4 members (excludes halogenated alkanes) is 7. The number of carbonyl (C=O) groups is 1. The fraction of sp³-hybridized carbons (Fsp3) is 0.588. The molecule has 21 heavy (non-hydrogen) atoms. The van der Waals surface area contributed by atoms with Gasteiger partial charge in [-0.3, -0.25) is 4.79 Å². The van der Waals surface area contributed by atoms with E-state index < -0.39 is 0 Å². The molecule has 1 N–H and O–H groups in total. The van der Waals surface area contributed by atoms with E-state index in [0.29, 0.717) is 16.6 Å². The zero-order chi connectivity index (χ0) is 15.5. The summed E-state index contributed by atoms with van der Waals surface area (Å²) in [7, 11) is 0. The van der Waals surface area contributed by atoms with Crippen LogP contribution < -0.4 is 5.32 Å². The van der Waals surface area contributed by atoms with E-state index in [9.17, 15) is 9.18 Å². The minimum Gasteiger partial charge on any atom is -0.352 e. The van der Waals surface area contributed by atoms with Gasteiger partial charge in [-0.1, -0.05) is 51.9 Å². The molecule has 4 heteroatoms. The first-order valence-electron chi connectivity index (χ1n) is 7.88. The average Bonchev–Trinajstić information content (AvgIpc) is 2.48. The van der Waals surface area contributed by atoms with Crippen LogP contribution in [0.5, 0.6) is 0 Å². The van der Waals surface area contributed by atoms with Crippen LogP contribution in [0, 0.1) is 5.82 Å². The lowest BCUT2D eigenvalue weighted by Crippen LogP contribution is -2.24. The molecule has 0 atom stereocenters. The van der Waals surface area contributed by atoms with Crippen molar-refractivity contribution in [3.05, 3.63) is 34.1 Å². The summed E-state index contributed by atoms with van der Waals surface area (Å²) in [6, 6.07) is 4.32. The van der Waals surface area contributed by atoms with Gasteiger partial charge in [-0.25, -0.2) is 4.39 Å². The van der Waals surface area contributed by atoms with Gasteiger partial charge in [0, 0.05) is 12.1 Å². The monoisotopic (exact) mass is 357 g/mol. The van der Waals surface area contributed by atoms with Crippen LogP contribution in [0.25, 0.3) is 0 Å². The van der Waals surface area contributed by atoms with Gasteiger partial charge in [0.25, 0.3) is 5.91 Å². The van der Waals surface area contributed by atoms with E-state index in [1.165, 1.54) is 56.7 Å². The third kappa shape index (κ3) is 7.60. The Morgan fingerprint density at radius 3 is 2.33 bits per heavy atom. The standard InChI is InChI=1S/C17H25BrFNO/c1-2-3-4-5-6-7-8-9-12-20-17(21)14-10-11-16(19)15(18)13-14/h10-11,13H,2-9,12H2,1H3,(H,20,21). The molecule has 2 nitrogen and oxygen atoms in total. The van der Waals surface area contributed by atoms with Gasteiger partial charge in [-0.2, -0.15) is 0 Å². The molecule has 1 aromatic carbocycles. The van der Waals surface area contributed by atoms with E-state index in [-0.39, 0.29) is 11.7 Å². The van der Waals surface area contributed by atoms with Crippen LogP contribution >= 0.6 is 15.9 Å². The second-order valence-electron chi connectivity index (χ2n) is 5.36. The molecule has 0 saturated carbocycles. The van der Waals surface area contributed by atoms with E-state index in [4.69, 9.17) is 0 Å². The Labute approximate surface area is 135 Å². The fourth-order valence-electron chi connectivity index (χ4n) is 2.20. The number of rotatable bonds is 10. The summed E-state index contributed by atoms with van der Waals surface area (Å²) in [5, 5.41) is 2.87. The molecule has 0 aliphatic heterocycles. The maximum atomic E-state index is 13.1. The van der Waals surface area contributed by atoms with Crippen LogP contribution in [0.3, 0.4) is 0 Å². The topological polar surface area (TPSA) is 29.1 Å². The summed E-state index contributed by atoms with van der Waals surface area (Å²) < 4.78 is 13.4. The Bertz CT molecular complexity index is 437. The highest BCUT2D eigenvalue weighted by Gasteiger charge is 2.07. The third-order valence-electron chi connectivity index (χ3n) is 3.50. The number of benzene rings is 1. The van der Waals surface area contributed by atoms with Crippen molar-refractivity contribution in [3.63, 3.8) is 0 Å². The molecule has 1 rings (SSSR count). The van der Waals surface area contributed by atoms with Crippen molar-refractivity contribution in [3.8, 4) is 0 Å². The Morgan fingerprint density at radius 1 is 1.10 bits per heavy atom. The van der Waals surface area contributed by atoms with Crippen molar-refractivity contribution in [2.24, 2.45) is 0 Å². The van der Waals surface area contributed by atoms with Crippen LogP contribution in [0.15, 0.2) is 22.7 Å². The lowest BCUT2D eigenvalue weighted by molar-refractivity contribution is 0.0953. The third-order valence-corrected chi connectivity index (χ3v) is 4.11. The van der Waals surface area contributed by atoms with Gasteiger partial charge in [-0.05, 0) is 40.5 Å². The molecule has 0 heterocycles. The van der Waals surface area contributed by atoms with E-state index >= 15 is 0 Å². The number of nitrogens with one attached hydrogen (secondary N) is 1. The lowest BCUT2D eigenvalue weighted by atomic mass is 10.1. The highest BCUT2D eigenvalue weighted by Crippen LogP contribution is 2.16. The molecule has 0 aromatic heterocycles. The highest BCUT2D eigenvalue weighted by atomic mass is 79.9. The number of halogens is 2. The molecule has 0 unspecified atom stereocenters. The second kappa shape index (κ2) is 10.8. The van der Waals surface area contributed by atoms with Gasteiger partial charge >= 0.3 is 0 Å². The molecule has 0 aliphatic carbocycles. The van der Waals surface area contributed by atoms with Crippen molar-refractivity contribution in [2.45, 2.75) is 58.3 Å². The normalized spacial score (nSPS) is 10.6. The summed E-state index contributed by atoms with van der Waals surface area (Å²) in [6.45, 7) is 2.91. The summed E-state index contributed by atoms with van der Waals surface area (Å²) in [4.78, 5) is 11.9. The van der Waals surface area contributed by atoms with E-state index in [1.54, 1.807) is 0 Å². The van der Waals surface area contributed by atoms with Gasteiger partial charge in [0.05, 0.1) is 4.47 Å². The molecular formula is C17H25BrFNO. The van der Waals surface area contributed by atoms with Crippen molar-refractivity contribution in [1.29, 1.82) is 0 Å². The van der Waals surface area contributed by atoms with Crippen LogP contribution in [-0.4, -0.2) is 12.5 Å². The van der Waals surface area contributed by atoms with Gasteiger partial charge in [-0.15, -0.1) is 0 Å². The van der Waals surface area contributed by atoms with Crippen LogP contribution in [-0.2, 0) is 0 Å². The number of carbonyl (C=O) groups excluding carboxylic acids is 1. The van der Waals surface area contributed by atoms with Crippen molar-refractivity contribution in [1.82, 2.24) is 5.32 Å².